The van der Waals surface area contributed by atoms with Gasteiger partial charge in [0.25, 0.3) is 0 Å². The van der Waals surface area contributed by atoms with E-state index in [2.05, 4.69) is 34.6 Å². The molecule has 1 atom stereocenters. The first-order valence-electron chi connectivity index (χ1n) is 6.99. The summed E-state index contributed by atoms with van der Waals surface area (Å²) in [6, 6.07) is 10.5. The van der Waals surface area contributed by atoms with Gasteiger partial charge in [-0.1, -0.05) is 40.6 Å². The zero-order valence-electron chi connectivity index (χ0n) is 11.8. The lowest BCUT2D eigenvalue weighted by Gasteiger charge is -2.22. The van der Waals surface area contributed by atoms with E-state index in [0.29, 0.717) is 12.5 Å². The van der Waals surface area contributed by atoms with Crippen LogP contribution in [0.2, 0.25) is 0 Å². The highest BCUT2D eigenvalue weighted by atomic mass is 16.6. The summed E-state index contributed by atoms with van der Waals surface area (Å²) in [5.41, 5.74) is 4.27. The van der Waals surface area contributed by atoms with Gasteiger partial charge in [0.05, 0.1) is 17.0 Å². The van der Waals surface area contributed by atoms with Crippen LogP contribution in [0.1, 0.15) is 41.8 Å². The molecule has 0 aliphatic heterocycles. The molecule has 4 nitrogen and oxygen atoms in total. The van der Waals surface area contributed by atoms with E-state index in [1.807, 2.05) is 19.9 Å². The Kier molecular flexibility index (Phi) is 3.54. The highest BCUT2D eigenvalue weighted by molar-refractivity contribution is 6.03. The van der Waals surface area contributed by atoms with Gasteiger partial charge in [0.2, 0.25) is 0 Å². The predicted octanol–water partition coefficient (Wildman–Crippen LogP) is 3.45. The van der Waals surface area contributed by atoms with Crippen molar-refractivity contribution in [2.75, 3.05) is 6.61 Å². The Morgan fingerprint density at radius 3 is 2.85 bits per heavy atom. The molecule has 0 saturated heterocycles. The topological polar surface area (TPSA) is 47.6 Å². The molecule has 0 bridgehead atoms. The summed E-state index contributed by atoms with van der Waals surface area (Å²) in [5, 5.41) is 8.45. The van der Waals surface area contributed by atoms with Crippen molar-refractivity contribution < 1.29 is 9.36 Å². The highest BCUT2D eigenvalue weighted by Gasteiger charge is 2.30. The molecule has 1 aromatic heterocycles. The standard InChI is InChI=1S/C16H18N2O2/c1-3-19-17-14-9-13(12-7-5-4-6-8-12)10-15-16(14)11(2)20-18-15/h4-8,13H,3,9-10H2,1-2H3/b17-14-. The van der Waals surface area contributed by atoms with Crippen LogP contribution < -0.4 is 0 Å². The minimum atomic E-state index is 0.382. The summed E-state index contributed by atoms with van der Waals surface area (Å²) >= 11 is 0. The van der Waals surface area contributed by atoms with Crippen molar-refractivity contribution in [2.45, 2.75) is 32.6 Å². The molecule has 0 amide bonds. The molecule has 1 aliphatic carbocycles. The van der Waals surface area contributed by atoms with Crippen LogP contribution in [0, 0.1) is 6.92 Å². The van der Waals surface area contributed by atoms with E-state index in [1.165, 1.54) is 5.56 Å². The molecular weight excluding hydrogens is 252 g/mol. The number of hydrogen-bond donors (Lipinski definition) is 0. The van der Waals surface area contributed by atoms with Crippen LogP contribution in [-0.4, -0.2) is 17.5 Å². The summed E-state index contributed by atoms with van der Waals surface area (Å²) in [5.74, 6) is 1.21. The summed E-state index contributed by atoms with van der Waals surface area (Å²) in [4.78, 5) is 5.26. The van der Waals surface area contributed by atoms with Gasteiger partial charge in [-0.3, -0.25) is 0 Å². The van der Waals surface area contributed by atoms with Gasteiger partial charge in [-0.25, -0.2) is 0 Å². The molecular formula is C16H18N2O2. The molecule has 2 aromatic rings. The molecule has 1 unspecified atom stereocenters. The molecule has 0 spiro atoms. The smallest absolute Gasteiger partial charge is 0.143 e. The Bertz CT molecular complexity index is 617. The second kappa shape index (κ2) is 5.49. The average Bonchev–Trinajstić information content (AvgIpc) is 2.87. The first-order valence-corrected chi connectivity index (χ1v) is 6.99. The van der Waals surface area contributed by atoms with E-state index in [9.17, 15) is 0 Å². The third-order valence-electron chi connectivity index (χ3n) is 3.68. The van der Waals surface area contributed by atoms with Gasteiger partial charge in [0.1, 0.15) is 12.4 Å². The molecule has 1 aliphatic rings. The van der Waals surface area contributed by atoms with Crippen LogP contribution in [0.25, 0.3) is 0 Å². The summed E-state index contributed by atoms with van der Waals surface area (Å²) in [6.07, 6.45) is 1.75. The summed E-state index contributed by atoms with van der Waals surface area (Å²) in [6.45, 7) is 4.43. The van der Waals surface area contributed by atoms with Crippen LogP contribution >= 0.6 is 0 Å². The van der Waals surface area contributed by atoms with E-state index < -0.39 is 0 Å². The maximum atomic E-state index is 5.33. The fraction of sp³-hybridized carbons (Fsp3) is 0.375. The number of aromatic nitrogens is 1. The normalized spacial score (nSPS) is 19.9. The molecule has 104 valence electrons. The van der Waals surface area contributed by atoms with E-state index in [-0.39, 0.29) is 0 Å². The Labute approximate surface area is 118 Å². The molecule has 1 heterocycles. The van der Waals surface area contributed by atoms with Crippen molar-refractivity contribution in [1.82, 2.24) is 5.16 Å². The van der Waals surface area contributed by atoms with Gasteiger partial charge in [-0.2, -0.15) is 0 Å². The minimum absolute atomic E-state index is 0.382. The predicted molar refractivity (Wildman–Crippen MR) is 76.9 cm³/mol. The third kappa shape index (κ3) is 2.33. The van der Waals surface area contributed by atoms with E-state index in [1.54, 1.807) is 0 Å². The number of fused-ring (bicyclic) bond motifs is 1. The maximum Gasteiger partial charge on any atom is 0.143 e. The molecule has 0 fully saturated rings. The van der Waals surface area contributed by atoms with Crippen LogP contribution in [0.5, 0.6) is 0 Å². The van der Waals surface area contributed by atoms with Gasteiger partial charge in [0.15, 0.2) is 0 Å². The Morgan fingerprint density at radius 2 is 2.10 bits per heavy atom. The van der Waals surface area contributed by atoms with Gasteiger partial charge in [0, 0.05) is 12.8 Å². The zero-order chi connectivity index (χ0) is 13.9. The maximum absolute atomic E-state index is 5.33. The minimum Gasteiger partial charge on any atom is -0.396 e. The number of oxime groups is 1. The second-order valence-electron chi connectivity index (χ2n) is 5.03. The Hall–Kier alpha value is -2.10. The first-order chi connectivity index (χ1) is 9.79. The van der Waals surface area contributed by atoms with Gasteiger partial charge in [-0.05, 0) is 25.3 Å². The number of hydrogen-bond acceptors (Lipinski definition) is 4. The van der Waals surface area contributed by atoms with Crippen molar-refractivity contribution in [1.29, 1.82) is 0 Å². The Balaban J connectivity index is 1.97. The third-order valence-corrected chi connectivity index (χ3v) is 3.68. The van der Waals surface area contributed by atoms with Crippen LogP contribution in [0.4, 0.5) is 0 Å². The quantitative estimate of drug-likeness (QED) is 0.802. The zero-order valence-corrected chi connectivity index (χ0v) is 11.8. The van der Waals surface area contributed by atoms with E-state index >= 15 is 0 Å². The molecule has 20 heavy (non-hydrogen) atoms. The molecule has 0 saturated carbocycles. The van der Waals surface area contributed by atoms with Crippen molar-refractivity contribution in [2.24, 2.45) is 5.16 Å². The van der Waals surface area contributed by atoms with E-state index in [4.69, 9.17) is 9.36 Å². The first kappa shape index (κ1) is 12.9. The van der Waals surface area contributed by atoms with Crippen molar-refractivity contribution in [3.8, 4) is 0 Å². The SMILES string of the molecule is CCO/N=C1/CC(c2ccccc2)Cc2noc(C)c21. The second-order valence-corrected chi connectivity index (χ2v) is 5.03. The van der Waals surface area contributed by atoms with E-state index in [0.717, 1.165) is 35.6 Å². The lowest BCUT2D eigenvalue weighted by atomic mass is 9.81. The summed E-state index contributed by atoms with van der Waals surface area (Å²) in [7, 11) is 0. The monoisotopic (exact) mass is 270 g/mol. The Morgan fingerprint density at radius 1 is 1.30 bits per heavy atom. The van der Waals surface area contributed by atoms with Crippen LogP contribution in [0.3, 0.4) is 0 Å². The van der Waals surface area contributed by atoms with Gasteiger partial charge < -0.3 is 9.36 Å². The van der Waals surface area contributed by atoms with Crippen LogP contribution in [0.15, 0.2) is 40.0 Å². The van der Waals surface area contributed by atoms with Gasteiger partial charge in [-0.15, -0.1) is 0 Å². The summed E-state index contributed by atoms with van der Waals surface area (Å²) < 4.78 is 5.33. The highest BCUT2D eigenvalue weighted by Crippen LogP contribution is 2.34. The molecule has 1 aromatic carbocycles. The number of aryl methyl sites for hydroxylation is 1. The van der Waals surface area contributed by atoms with Crippen molar-refractivity contribution in [3.63, 3.8) is 0 Å². The lowest BCUT2D eigenvalue weighted by Crippen LogP contribution is -2.20. The lowest BCUT2D eigenvalue weighted by molar-refractivity contribution is 0.158. The molecule has 0 N–H and O–H groups in total. The molecule has 3 rings (SSSR count). The van der Waals surface area contributed by atoms with Crippen molar-refractivity contribution >= 4 is 5.71 Å². The molecule has 0 radical (unpaired) electrons. The fourth-order valence-corrected chi connectivity index (χ4v) is 2.75. The average molecular weight is 270 g/mol. The number of nitrogens with zero attached hydrogens (tertiary/aromatic N) is 2. The van der Waals surface area contributed by atoms with Gasteiger partial charge >= 0.3 is 0 Å². The fourth-order valence-electron chi connectivity index (χ4n) is 2.75. The number of benzene rings is 1. The number of rotatable bonds is 3. The largest absolute Gasteiger partial charge is 0.396 e. The molecule has 4 heteroatoms. The van der Waals surface area contributed by atoms with Crippen LogP contribution in [-0.2, 0) is 11.3 Å². The van der Waals surface area contributed by atoms with Crippen molar-refractivity contribution in [3.05, 3.63) is 52.9 Å².